The molecule has 7 heteroatoms. The summed E-state index contributed by atoms with van der Waals surface area (Å²) in [6.45, 7) is 5.86. The van der Waals surface area contributed by atoms with E-state index in [-0.39, 0.29) is 6.61 Å². The van der Waals surface area contributed by atoms with Crippen LogP contribution in [0.5, 0.6) is 5.88 Å². The van der Waals surface area contributed by atoms with E-state index in [1.165, 1.54) is 0 Å². The third-order valence-corrected chi connectivity index (χ3v) is 3.06. The van der Waals surface area contributed by atoms with Crippen molar-refractivity contribution in [2.45, 2.75) is 13.5 Å². The summed E-state index contributed by atoms with van der Waals surface area (Å²) in [5.41, 5.74) is 11.0. The fourth-order valence-corrected chi connectivity index (χ4v) is 2.05. The van der Waals surface area contributed by atoms with Gasteiger partial charge in [-0.2, -0.15) is 0 Å². The zero-order chi connectivity index (χ0) is 16.1. The van der Waals surface area contributed by atoms with Crippen LogP contribution in [0.2, 0.25) is 0 Å². The van der Waals surface area contributed by atoms with E-state index in [0.717, 1.165) is 11.1 Å². The van der Waals surface area contributed by atoms with Gasteiger partial charge in [-0.15, -0.1) is 5.10 Å². The predicted octanol–water partition coefficient (Wildman–Crippen LogP) is 3.48. The Balaban J connectivity index is 2.38. The average Bonchev–Trinajstić information content (AvgIpc) is 2.90. The maximum atomic E-state index is 11.9. The van der Waals surface area contributed by atoms with Crippen molar-refractivity contribution < 1.29 is 9.53 Å². The van der Waals surface area contributed by atoms with E-state index in [2.05, 4.69) is 21.7 Å². The van der Waals surface area contributed by atoms with Crippen molar-refractivity contribution in [3.8, 4) is 5.88 Å². The quantitative estimate of drug-likeness (QED) is 0.480. The number of amides is 1. The topological polar surface area (TPSA) is 92.9 Å². The smallest absolute Gasteiger partial charge is 0.249 e. The number of ether oxygens (including phenoxy) is 1. The van der Waals surface area contributed by atoms with Crippen LogP contribution in [0.25, 0.3) is 16.0 Å². The van der Waals surface area contributed by atoms with E-state index in [1.54, 1.807) is 36.1 Å². The highest BCUT2D eigenvalue weighted by atomic mass is 16.5. The summed E-state index contributed by atoms with van der Waals surface area (Å²) in [6, 6.07) is 6.87. The summed E-state index contributed by atoms with van der Waals surface area (Å²) in [5, 5.41) is 7.27. The molecule has 0 aliphatic carbocycles. The number of azide groups is 1. The molecule has 1 heterocycles. The third kappa shape index (κ3) is 3.34. The van der Waals surface area contributed by atoms with Crippen LogP contribution in [0, 0.1) is 0 Å². The lowest BCUT2D eigenvalue weighted by molar-refractivity contribution is 0.0997. The van der Waals surface area contributed by atoms with Crippen molar-refractivity contribution in [2.24, 2.45) is 12.2 Å². The SMILES string of the molecule is C=C(C)c1cccc(C(=O)N=[N+]=[N-])c1COc1ccn(C)n1. The van der Waals surface area contributed by atoms with Crippen molar-refractivity contribution in [2.75, 3.05) is 0 Å². The first kappa shape index (κ1) is 15.3. The zero-order valence-corrected chi connectivity index (χ0v) is 12.4. The second kappa shape index (κ2) is 6.60. The lowest BCUT2D eigenvalue weighted by Gasteiger charge is -2.13. The average molecular weight is 297 g/mol. The van der Waals surface area contributed by atoms with E-state index < -0.39 is 5.91 Å². The van der Waals surface area contributed by atoms with E-state index in [4.69, 9.17) is 10.3 Å². The number of benzene rings is 1. The van der Waals surface area contributed by atoms with Crippen molar-refractivity contribution in [3.63, 3.8) is 0 Å². The highest BCUT2D eigenvalue weighted by Gasteiger charge is 2.15. The molecule has 2 aromatic rings. The minimum Gasteiger partial charge on any atom is -0.472 e. The van der Waals surface area contributed by atoms with Crippen LogP contribution in [0.4, 0.5) is 0 Å². The molecule has 2 rings (SSSR count). The standard InChI is InChI=1S/C15H15N5O2/c1-10(2)11-5-4-6-12(15(21)17-19-16)13(11)9-22-14-7-8-20(3)18-14/h4-8H,1,9H2,2-3H3. The first-order valence-electron chi connectivity index (χ1n) is 6.52. The Morgan fingerprint density at radius 3 is 2.77 bits per heavy atom. The number of hydrogen-bond acceptors (Lipinski definition) is 3. The molecule has 0 unspecified atom stereocenters. The van der Waals surface area contributed by atoms with Gasteiger partial charge in [0.1, 0.15) is 6.61 Å². The molecule has 22 heavy (non-hydrogen) atoms. The molecule has 112 valence electrons. The highest BCUT2D eigenvalue weighted by molar-refractivity contribution is 5.97. The highest BCUT2D eigenvalue weighted by Crippen LogP contribution is 2.23. The number of carbonyl (C=O) groups excluding carboxylic acids is 1. The monoisotopic (exact) mass is 297 g/mol. The summed E-state index contributed by atoms with van der Waals surface area (Å²) < 4.78 is 7.23. The van der Waals surface area contributed by atoms with Crippen LogP contribution in [-0.2, 0) is 13.7 Å². The third-order valence-electron chi connectivity index (χ3n) is 3.06. The molecule has 0 radical (unpaired) electrons. The molecule has 0 fully saturated rings. The number of aryl methyl sites for hydroxylation is 1. The van der Waals surface area contributed by atoms with Crippen molar-refractivity contribution in [1.29, 1.82) is 0 Å². The van der Waals surface area contributed by atoms with Crippen molar-refractivity contribution in [1.82, 2.24) is 9.78 Å². The van der Waals surface area contributed by atoms with Crippen LogP contribution in [0.3, 0.4) is 0 Å². The number of hydrogen-bond donors (Lipinski definition) is 0. The normalized spacial score (nSPS) is 9.91. The molecular formula is C15H15N5O2. The Bertz CT molecular complexity index is 772. The van der Waals surface area contributed by atoms with Gasteiger partial charge in [-0.1, -0.05) is 30.4 Å². The van der Waals surface area contributed by atoms with Gasteiger partial charge in [0, 0.05) is 35.3 Å². The minimum absolute atomic E-state index is 0.127. The maximum Gasteiger partial charge on any atom is 0.249 e. The summed E-state index contributed by atoms with van der Waals surface area (Å²) >= 11 is 0. The van der Waals surface area contributed by atoms with Crippen molar-refractivity contribution in [3.05, 3.63) is 64.2 Å². The van der Waals surface area contributed by atoms with E-state index in [1.807, 2.05) is 13.0 Å². The summed E-state index contributed by atoms with van der Waals surface area (Å²) in [5.74, 6) is -0.202. The van der Waals surface area contributed by atoms with Gasteiger partial charge in [0.05, 0.1) is 0 Å². The van der Waals surface area contributed by atoms with Gasteiger partial charge in [0.15, 0.2) is 0 Å². The molecular weight excluding hydrogens is 282 g/mol. The van der Waals surface area contributed by atoms with Crippen LogP contribution in [0.15, 0.2) is 42.2 Å². The van der Waals surface area contributed by atoms with Crippen molar-refractivity contribution >= 4 is 11.5 Å². The molecule has 0 bridgehead atoms. The lowest BCUT2D eigenvalue weighted by atomic mass is 9.97. The fourth-order valence-electron chi connectivity index (χ4n) is 2.05. The Kier molecular flexibility index (Phi) is 4.60. The van der Waals surface area contributed by atoms with E-state index in [0.29, 0.717) is 17.0 Å². The van der Waals surface area contributed by atoms with Gasteiger partial charge in [-0.25, -0.2) is 0 Å². The first-order chi connectivity index (χ1) is 10.5. The lowest BCUT2D eigenvalue weighted by Crippen LogP contribution is -2.08. The second-order valence-electron chi connectivity index (χ2n) is 4.72. The molecule has 1 aromatic carbocycles. The second-order valence-corrected chi connectivity index (χ2v) is 4.72. The zero-order valence-electron chi connectivity index (χ0n) is 12.4. The van der Waals surface area contributed by atoms with Gasteiger partial charge in [-0.3, -0.25) is 9.48 Å². The Labute approximate surface area is 127 Å². The molecule has 0 N–H and O–H groups in total. The predicted molar refractivity (Wildman–Crippen MR) is 82.2 cm³/mol. The maximum absolute atomic E-state index is 11.9. The number of allylic oxidation sites excluding steroid dienone is 1. The number of rotatable bonds is 5. The molecule has 0 atom stereocenters. The Hall–Kier alpha value is -3.05. The molecule has 0 aliphatic heterocycles. The molecule has 0 saturated heterocycles. The van der Waals surface area contributed by atoms with Gasteiger partial charge >= 0.3 is 0 Å². The summed E-state index contributed by atoms with van der Waals surface area (Å²) in [7, 11) is 1.78. The van der Waals surface area contributed by atoms with Crippen LogP contribution < -0.4 is 4.74 Å². The van der Waals surface area contributed by atoms with Crippen LogP contribution >= 0.6 is 0 Å². The molecule has 1 aromatic heterocycles. The molecule has 0 aliphatic rings. The van der Waals surface area contributed by atoms with Crippen LogP contribution in [-0.4, -0.2) is 15.7 Å². The van der Waals surface area contributed by atoms with E-state index in [9.17, 15) is 4.79 Å². The first-order valence-corrected chi connectivity index (χ1v) is 6.52. The fraction of sp³-hybridized carbons (Fsp3) is 0.200. The largest absolute Gasteiger partial charge is 0.472 e. The minimum atomic E-state index is -0.648. The number of carbonyl (C=O) groups is 1. The van der Waals surface area contributed by atoms with Gasteiger partial charge in [0.2, 0.25) is 11.8 Å². The number of aromatic nitrogens is 2. The molecule has 1 amide bonds. The Morgan fingerprint density at radius 1 is 1.45 bits per heavy atom. The Morgan fingerprint density at radius 2 is 2.18 bits per heavy atom. The summed E-state index contributed by atoms with van der Waals surface area (Å²) in [4.78, 5) is 14.5. The molecule has 0 saturated carbocycles. The van der Waals surface area contributed by atoms with Gasteiger partial charge < -0.3 is 4.74 Å². The van der Waals surface area contributed by atoms with E-state index >= 15 is 0 Å². The number of nitrogens with zero attached hydrogens (tertiary/aromatic N) is 5. The summed E-state index contributed by atoms with van der Waals surface area (Å²) in [6.07, 6.45) is 1.76. The van der Waals surface area contributed by atoms with Gasteiger partial charge in [0.25, 0.3) is 0 Å². The van der Waals surface area contributed by atoms with Gasteiger partial charge in [-0.05, 0) is 23.1 Å². The molecule has 7 nitrogen and oxygen atoms in total. The molecule has 0 spiro atoms. The van der Waals surface area contributed by atoms with Crippen LogP contribution in [0.1, 0.15) is 28.4 Å².